The third kappa shape index (κ3) is 6.57. The summed E-state index contributed by atoms with van der Waals surface area (Å²) in [6, 6.07) is 9.91. The molecule has 0 aromatic heterocycles. The fraction of sp³-hybridized carbons (Fsp3) is 0.381. The molecular weight excluding hydrogens is 483 g/mol. The Morgan fingerprint density at radius 1 is 1.09 bits per heavy atom. The fourth-order valence-electron chi connectivity index (χ4n) is 3.42. The van der Waals surface area contributed by atoms with Gasteiger partial charge in [0.2, 0.25) is 0 Å². The van der Waals surface area contributed by atoms with E-state index >= 15 is 0 Å². The van der Waals surface area contributed by atoms with Crippen LogP contribution in [-0.2, 0) is 22.6 Å². The van der Waals surface area contributed by atoms with Crippen molar-refractivity contribution in [2.24, 2.45) is 0 Å². The zero-order valence-electron chi connectivity index (χ0n) is 17.3. The molecule has 1 N–H and O–H groups in total. The van der Waals surface area contributed by atoms with Crippen molar-refractivity contribution < 1.29 is 21.6 Å². The molecule has 5 nitrogen and oxygen atoms in total. The van der Waals surface area contributed by atoms with Crippen LogP contribution in [0, 0.1) is 0 Å². The number of hydrogen-bond acceptors (Lipinski definition) is 4. The van der Waals surface area contributed by atoms with Crippen LogP contribution in [0.2, 0.25) is 5.02 Å². The highest BCUT2D eigenvalue weighted by atomic mass is 35.5. The van der Waals surface area contributed by atoms with E-state index in [2.05, 4.69) is 10.2 Å². The van der Waals surface area contributed by atoms with Gasteiger partial charge >= 0.3 is 6.18 Å². The minimum absolute atomic E-state index is 0.124. The molecule has 0 atom stereocenters. The van der Waals surface area contributed by atoms with Crippen LogP contribution >= 0.6 is 23.8 Å². The van der Waals surface area contributed by atoms with Gasteiger partial charge < -0.3 is 10.2 Å². The Balaban J connectivity index is 1.60. The summed E-state index contributed by atoms with van der Waals surface area (Å²) in [6.07, 6.45) is -2.47. The van der Waals surface area contributed by atoms with Crippen molar-refractivity contribution in [3.05, 3.63) is 58.6 Å². The third-order valence-electron chi connectivity index (χ3n) is 5.17. The van der Waals surface area contributed by atoms with Gasteiger partial charge in [0.15, 0.2) is 14.9 Å². The lowest BCUT2D eigenvalue weighted by Gasteiger charge is -2.25. The maximum absolute atomic E-state index is 13.0. The van der Waals surface area contributed by atoms with Crippen LogP contribution in [0.3, 0.4) is 0 Å². The Kier molecular flexibility index (Phi) is 7.69. The molecule has 32 heavy (non-hydrogen) atoms. The van der Waals surface area contributed by atoms with Crippen molar-refractivity contribution in [3.63, 3.8) is 0 Å². The van der Waals surface area contributed by atoms with Crippen LogP contribution in [0.15, 0.2) is 47.4 Å². The van der Waals surface area contributed by atoms with Crippen LogP contribution < -0.4 is 5.32 Å². The number of alkyl halides is 3. The largest absolute Gasteiger partial charge is 0.416 e. The van der Waals surface area contributed by atoms with E-state index in [4.69, 9.17) is 23.8 Å². The van der Waals surface area contributed by atoms with Crippen LogP contribution in [0.5, 0.6) is 0 Å². The van der Waals surface area contributed by atoms with Crippen molar-refractivity contribution in [1.29, 1.82) is 0 Å². The number of nitrogens with zero attached hydrogens (tertiary/aromatic N) is 2. The first-order valence-electron chi connectivity index (χ1n) is 9.87. The molecule has 1 heterocycles. The highest BCUT2D eigenvalue weighted by Gasteiger charge is 2.31. The second-order valence-electron chi connectivity index (χ2n) is 7.66. The Bertz CT molecular complexity index is 1080. The van der Waals surface area contributed by atoms with Crippen LogP contribution in [0.4, 0.5) is 18.9 Å². The molecule has 0 unspecified atom stereocenters. The number of nitrogens with one attached hydrogen (secondary N) is 1. The van der Waals surface area contributed by atoms with Crippen molar-refractivity contribution in [2.75, 3.05) is 37.8 Å². The SMILES string of the molecule is CS(=O)(=O)c1ccc(CN2CCCN(C(=S)Nc3cc(C(F)(F)F)ccc3Cl)CC2)cc1. The van der Waals surface area contributed by atoms with Gasteiger partial charge in [-0.05, 0) is 54.5 Å². The lowest BCUT2D eigenvalue weighted by atomic mass is 10.2. The zero-order chi connectivity index (χ0) is 23.5. The van der Waals surface area contributed by atoms with Crippen LogP contribution in [0.25, 0.3) is 0 Å². The maximum atomic E-state index is 13.0. The van der Waals surface area contributed by atoms with Crippen molar-refractivity contribution in [1.82, 2.24) is 9.80 Å². The van der Waals surface area contributed by atoms with Gasteiger partial charge in [-0.3, -0.25) is 4.90 Å². The summed E-state index contributed by atoms with van der Waals surface area (Å²) < 4.78 is 62.2. The quantitative estimate of drug-likeness (QED) is 0.610. The Morgan fingerprint density at radius 2 is 1.78 bits per heavy atom. The average molecular weight is 506 g/mol. The van der Waals surface area contributed by atoms with Gasteiger partial charge in [-0.2, -0.15) is 13.2 Å². The number of sulfone groups is 1. The Morgan fingerprint density at radius 3 is 2.41 bits per heavy atom. The molecule has 0 spiro atoms. The molecule has 1 aliphatic heterocycles. The third-order valence-corrected chi connectivity index (χ3v) is 6.99. The molecule has 1 aliphatic rings. The first-order chi connectivity index (χ1) is 14.9. The van der Waals surface area contributed by atoms with Crippen LogP contribution in [-0.4, -0.2) is 55.8 Å². The summed E-state index contributed by atoms with van der Waals surface area (Å²) in [5.41, 5.74) is 0.331. The minimum atomic E-state index is -4.47. The van der Waals surface area contributed by atoms with E-state index in [0.717, 1.165) is 30.7 Å². The average Bonchev–Trinajstić information content (AvgIpc) is 2.94. The van der Waals surface area contributed by atoms with E-state index in [-0.39, 0.29) is 15.6 Å². The van der Waals surface area contributed by atoms with Gasteiger partial charge in [-0.25, -0.2) is 8.42 Å². The second-order valence-corrected chi connectivity index (χ2v) is 10.5. The van der Waals surface area contributed by atoms with Gasteiger partial charge in [0.1, 0.15) is 0 Å². The number of anilines is 1. The number of rotatable bonds is 4. The standard InChI is InChI=1S/C21H23ClF3N3O2S2/c1-32(29,30)17-6-3-15(4-7-17)14-27-9-2-10-28(12-11-27)20(31)26-19-13-16(21(23,24)25)5-8-18(19)22/h3-8,13H,2,9-12,14H2,1H3,(H,26,31). The van der Waals surface area contributed by atoms with Gasteiger partial charge in [-0.15, -0.1) is 0 Å². The molecule has 0 saturated carbocycles. The summed E-state index contributed by atoms with van der Waals surface area (Å²) in [5, 5.41) is 3.34. The number of benzene rings is 2. The second kappa shape index (κ2) is 9.94. The molecule has 0 aliphatic carbocycles. The first kappa shape index (κ1) is 24.8. The van der Waals surface area contributed by atoms with Crippen molar-refractivity contribution >= 4 is 44.5 Å². The molecule has 174 valence electrons. The predicted molar refractivity (Wildman–Crippen MR) is 124 cm³/mol. The molecule has 11 heteroatoms. The number of hydrogen-bond donors (Lipinski definition) is 1. The topological polar surface area (TPSA) is 52.7 Å². The molecule has 2 aromatic rings. The maximum Gasteiger partial charge on any atom is 0.416 e. The highest BCUT2D eigenvalue weighted by Crippen LogP contribution is 2.34. The molecule has 3 rings (SSSR count). The summed E-state index contributed by atoms with van der Waals surface area (Å²) in [6.45, 7) is 3.44. The molecule has 2 aromatic carbocycles. The smallest absolute Gasteiger partial charge is 0.348 e. The minimum Gasteiger partial charge on any atom is -0.348 e. The van der Waals surface area contributed by atoms with E-state index in [9.17, 15) is 21.6 Å². The number of thiocarbonyl (C=S) groups is 1. The van der Waals surface area contributed by atoms with Gasteiger partial charge in [0.25, 0.3) is 0 Å². The van der Waals surface area contributed by atoms with E-state index < -0.39 is 21.6 Å². The molecule has 0 radical (unpaired) electrons. The molecular formula is C21H23ClF3N3O2S2. The van der Waals surface area contributed by atoms with E-state index in [1.807, 2.05) is 4.90 Å². The lowest BCUT2D eigenvalue weighted by Crippen LogP contribution is -2.37. The Labute approximate surface area is 196 Å². The monoisotopic (exact) mass is 505 g/mol. The molecule has 1 saturated heterocycles. The van der Waals surface area contributed by atoms with Gasteiger partial charge in [0.05, 0.1) is 21.2 Å². The summed E-state index contributed by atoms with van der Waals surface area (Å²) in [7, 11) is -3.23. The van der Waals surface area contributed by atoms with Gasteiger partial charge in [0, 0.05) is 39.0 Å². The highest BCUT2D eigenvalue weighted by molar-refractivity contribution is 7.90. The normalized spacial score (nSPS) is 16.0. The van der Waals surface area contributed by atoms with E-state index in [1.165, 1.54) is 12.3 Å². The summed E-state index contributed by atoms with van der Waals surface area (Å²) in [5.74, 6) is 0. The lowest BCUT2D eigenvalue weighted by molar-refractivity contribution is -0.137. The van der Waals surface area contributed by atoms with E-state index in [0.29, 0.717) is 31.3 Å². The number of halogens is 4. The van der Waals surface area contributed by atoms with E-state index in [1.54, 1.807) is 24.3 Å². The molecule has 0 bridgehead atoms. The summed E-state index contributed by atoms with van der Waals surface area (Å²) >= 11 is 11.5. The van der Waals surface area contributed by atoms with Crippen molar-refractivity contribution in [2.45, 2.75) is 24.0 Å². The Hall–Kier alpha value is -1.88. The van der Waals surface area contributed by atoms with Gasteiger partial charge in [-0.1, -0.05) is 23.7 Å². The molecule has 0 amide bonds. The first-order valence-corrected chi connectivity index (χ1v) is 12.6. The van der Waals surface area contributed by atoms with Crippen molar-refractivity contribution in [3.8, 4) is 0 Å². The predicted octanol–water partition coefficient (Wildman–Crippen LogP) is 4.67. The summed E-state index contributed by atoms with van der Waals surface area (Å²) in [4.78, 5) is 4.43. The zero-order valence-corrected chi connectivity index (χ0v) is 19.7. The fourth-order valence-corrected chi connectivity index (χ4v) is 4.51. The molecule has 1 fully saturated rings. The van der Waals surface area contributed by atoms with Crippen LogP contribution in [0.1, 0.15) is 17.5 Å².